The van der Waals surface area contributed by atoms with Crippen LogP contribution in [0.4, 0.5) is 5.69 Å². The van der Waals surface area contributed by atoms with Gasteiger partial charge in [-0.3, -0.25) is 4.90 Å². The molecule has 1 aromatic carbocycles. The first kappa shape index (κ1) is 10.1. The van der Waals surface area contributed by atoms with Gasteiger partial charge in [-0.2, -0.15) is 0 Å². The van der Waals surface area contributed by atoms with Gasteiger partial charge in [0.25, 0.3) is 0 Å². The Balaban J connectivity index is 1.86. The fourth-order valence-corrected chi connectivity index (χ4v) is 3.44. The van der Waals surface area contributed by atoms with Gasteiger partial charge < -0.3 is 5.73 Å². The minimum atomic E-state index is 0.859. The first-order chi connectivity index (χ1) is 7.81. The van der Waals surface area contributed by atoms with Gasteiger partial charge >= 0.3 is 0 Å². The number of fused-ring (bicyclic) bond motifs is 1. The molecule has 2 aromatic rings. The Hall–Kier alpha value is -1.06. The lowest BCUT2D eigenvalue weighted by Crippen LogP contribution is -2.17. The lowest BCUT2D eigenvalue weighted by Gasteiger charge is -2.12. The third-order valence-electron chi connectivity index (χ3n) is 3.17. The van der Waals surface area contributed by atoms with Crippen molar-refractivity contribution in [2.75, 3.05) is 18.8 Å². The van der Waals surface area contributed by atoms with Gasteiger partial charge in [-0.1, -0.05) is 0 Å². The number of nitrogens with zero attached hydrogens (tertiary/aromatic N) is 1. The molecule has 2 nitrogen and oxygen atoms in total. The highest BCUT2D eigenvalue weighted by atomic mass is 32.1. The maximum Gasteiger partial charge on any atom is 0.0347 e. The zero-order chi connectivity index (χ0) is 11.0. The summed E-state index contributed by atoms with van der Waals surface area (Å²) in [7, 11) is 0. The van der Waals surface area contributed by atoms with Crippen LogP contribution in [-0.2, 0) is 6.54 Å². The Labute approximate surface area is 99.7 Å². The van der Waals surface area contributed by atoms with Gasteiger partial charge in [-0.05, 0) is 55.6 Å². The number of benzene rings is 1. The lowest BCUT2D eigenvalue weighted by molar-refractivity contribution is 0.334. The van der Waals surface area contributed by atoms with Crippen molar-refractivity contribution < 1.29 is 0 Å². The Morgan fingerprint density at radius 2 is 2.00 bits per heavy atom. The second kappa shape index (κ2) is 4.07. The molecule has 0 radical (unpaired) electrons. The van der Waals surface area contributed by atoms with E-state index in [2.05, 4.69) is 23.1 Å². The van der Waals surface area contributed by atoms with Crippen molar-refractivity contribution >= 4 is 27.1 Å². The molecule has 0 atom stereocenters. The molecule has 3 rings (SSSR count). The predicted molar refractivity (Wildman–Crippen MR) is 70.7 cm³/mol. The van der Waals surface area contributed by atoms with E-state index >= 15 is 0 Å². The molecule has 0 amide bonds. The van der Waals surface area contributed by atoms with Crippen molar-refractivity contribution in [2.24, 2.45) is 0 Å². The first-order valence-electron chi connectivity index (χ1n) is 5.81. The highest BCUT2D eigenvalue weighted by molar-refractivity contribution is 7.19. The van der Waals surface area contributed by atoms with Gasteiger partial charge in [-0.15, -0.1) is 11.3 Å². The minimum absolute atomic E-state index is 0.859. The van der Waals surface area contributed by atoms with Gasteiger partial charge in [-0.25, -0.2) is 0 Å². The molecule has 0 spiro atoms. The molecule has 1 aliphatic rings. The summed E-state index contributed by atoms with van der Waals surface area (Å²) in [5, 5.41) is 1.29. The summed E-state index contributed by atoms with van der Waals surface area (Å²) in [6.45, 7) is 3.63. The summed E-state index contributed by atoms with van der Waals surface area (Å²) in [6.07, 6.45) is 2.72. The summed E-state index contributed by atoms with van der Waals surface area (Å²) in [5.41, 5.74) is 6.65. The summed E-state index contributed by atoms with van der Waals surface area (Å²) in [5.74, 6) is 0. The lowest BCUT2D eigenvalue weighted by atomic mass is 10.2. The van der Waals surface area contributed by atoms with Gasteiger partial charge in [0.1, 0.15) is 0 Å². The zero-order valence-electron chi connectivity index (χ0n) is 9.28. The summed E-state index contributed by atoms with van der Waals surface area (Å²) in [4.78, 5) is 4.00. The molecule has 0 aliphatic carbocycles. The van der Waals surface area contributed by atoms with Crippen molar-refractivity contribution in [1.82, 2.24) is 4.90 Å². The van der Waals surface area contributed by atoms with Crippen LogP contribution in [0.3, 0.4) is 0 Å². The topological polar surface area (TPSA) is 29.3 Å². The third kappa shape index (κ3) is 1.93. The molecule has 1 aromatic heterocycles. The van der Waals surface area contributed by atoms with Crippen LogP contribution in [-0.4, -0.2) is 18.0 Å². The maximum atomic E-state index is 5.79. The second-order valence-electron chi connectivity index (χ2n) is 4.49. The number of likely N-dealkylation sites (tertiary alicyclic amines) is 1. The molecule has 3 heteroatoms. The normalized spacial score (nSPS) is 17.2. The number of thiophene rings is 1. The molecule has 1 saturated heterocycles. The number of anilines is 1. The maximum absolute atomic E-state index is 5.79. The molecule has 0 bridgehead atoms. The Bertz CT molecular complexity index is 498. The van der Waals surface area contributed by atoms with Crippen molar-refractivity contribution in [2.45, 2.75) is 19.4 Å². The van der Waals surface area contributed by atoms with Crippen LogP contribution in [0.5, 0.6) is 0 Å². The van der Waals surface area contributed by atoms with Gasteiger partial charge in [0.05, 0.1) is 0 Å². The van der Waals surface area contributed by atoms with Crippen LogP contribution in [0.25, 0.3) is 10.1 Å². The molecule has 84 valence electrons. The van der Waals surface area contributed by atoms with Gasteiger partial charge in [0, 0.05) is 21.8 Å². The van der Waals surface area contributed by atoms with E-state index in [4.69, 9.17) is 5.73 Å². The van der Waals surface area contributed by atoms with E-state index in [1.54, 1.807) is 0 Å². The molecular weight excluding hydrogens is 216 g/mol. The fourth-order valence-electron chi connectivity index (χ4n) is 2.36. The van der Waals surface area contributed by atoms with E-state index in [0.29, 0.717) is 0 Å². The monoisotopic (exact) mass is 232 g/mol. The van der Waals surface area contributed by atoms with Crippen LogP contribution < -0.4 is 5.73 Å². The third-order valence-corrected chi connectivity index (χ3v) is 4.27. The van der Waals surface area contributed by atoms with E-state index in [1.165, 1.54) is 40.9 Å². The molecule has 1 aliphatic heterocycles. The van der Waals surface area contributed by atoms with Gasteiger partial charge in [0.15, 0.2) is 0 Å². The van der Waals surface area contributed by atoms with E-state index in [9.17, 15) is 0 Å². The van der Waals surface area contributed by atoms with Crippen LogP contribution in [0, 0.1) is 0 Å². The van der Waals surface area contributed by atoms with Crippen LogP contribution >= 0.6 is 11.3 Å². The zero-order valence-corrected chi connectivity index (χ0v) is 10.1. The molecule has 0 unspecified atom stereocenters. The predicted octanol–water partition coefficient (Wildman–Crippen LogP) is 3.08. The largest absolute Gasteiger partial charge is 0.399 e. The quantitative estimate of drug-likeness (QED) is 0.806. The molecule has 0 saturated carbocycles. The summed E-state index contributed by atoms with van der Waals surface area (Å²) in [6, 6.07) is 8.47. The highest BCUT2D eigenvalue weighted by Crippen LogP contribution is 2.28. The second-order valence-corrected chi connectivity index (χ2v) is 5.66. The van der Waals surface area contributed by atoms with E-state index in [-0.39, 0.29) is 0 Å². The van der Waals surface area contributed by atoms with Crippen LogP contribution in [0.15, 0.2) is 24.3 Å². The first-order valence-corrected chi connectivity index (χ1v) is 6.63. The van der Waals surface area contributed by atoms with Crippen molar-refractivity contribution in [3.05, 3.63) is 29.1 Å². The minimum Gasteiger partial charge on any atom is -0.399 e. The highest BCUT2D eigenvalue weighted by Gasteiger charge is 2.13. The Kier molecular flexibility index (Phi) is 2.58. The molecule has 2 heterocycles. The van der Waals surface area contributed by atoms with Crippen molar-refractivity contribution in [1.29, 1.82) is 0 Å². The SMILES string of the molecule is Nc1ccc2sc(CN3CCCC3)cc2c1. The molecule has 16 heavy (non-hydrogen) atoms. The average Bonchev–Trinajstić information content (AvgIpc) is 2.86. The summed E-state index contributed by atoms with van der Waals surface area (Å²) >= 11 is 1.90. The fraction of sp³-hybridized carbons (Fsp3) is 0.385. The average molecular weight is 232 g/mol. The van der Waals surface area contributed by atoms with Gasteiger partial charge in [0.2, 0.25) is 0 Å². The number of nitrogen functional groups attached to an aromatic ring is 1. The smallest absolute Gasteiger partial charge is 0.0347 e. The number of hydrogen-bond acceptors (Lipinski definition) is 3. The Morgan fingerprint density at radius 3 is 2.81 bits per heavy atom. The standard InChI is InChI=1S/C13H16N2S/c14-11-3-4-13-10(7-11)8-12(16-13)9-15-5-1-2-6-15/h3-4,7-8H,1-2,5-6,9,14H2. The van der Waals surface area contributed by atoms with Crippen molar-refractivity contribution in [3.8, 4) is 0 Å². The van der Waals surface area contributed by atoms with E-state index in [1.807, 2.05) is 17.4 Å². The molecule has 2 N–H and O–H groups in total. The Morgan fingerprint density at radius 1 is 1.19 bits per heavy atom. The number of nitrogens with two attached hydrogens (primary N) is 1. The number of rotatable bonds is 2. The van der Waals surface area contributed by atoms with E-state index < -0.39 is 0 Å². The van der Waals surface area contributed by atoms with Crippen molar-refractivity contribution in [3.63, 3.8) is 0 Å². The molecule has 1 fully saturated rings. The number of hydrogen-bond donors (Lipinski definition) is 1. The summed E-state index contributed by atoms with van der Waals surface area (Å²) < 4.78 is 1.35. The van der Waals surface area contributed by atoms with E-state index in [0.717, 1.165) is 12.2 Å². The molecular formula is C13H16N2S. The van der Waals surface area contributed by atoms with Crippen LogP contribution in [0.1, 0.15) is 17.7 Å². The van der Waals surface area contributed by atoms with Crippen LogP contribution in [0.2, 0.25) is 0 Å².